The number of rotatable bonds is 2. The summed E-state index contributed by atoms with van der Waals surface area (Å²) in [6, 6.07) is 5.60. The van der Waals surface area contributed by atoms with E-state index in [0.29, 0.717) is 19.7 Å². The molecule has 5 nitrogen and oxygen atoms in total. The third-order valence-electron chi connectivity index (χ3n) is 3.37. The van der Waals surface area contributed by atoms with Gasteiger partial charge in [-0.15, -0.1) is 0 Å². The second kappa shape index (κ2) is 5.44. The van der Waals surface area contributed by atoms with Gasteiger partial charge in [-0.3, -0.25) is 9.59 Å². The second-order valence-corrected chi connectivity index (χ2v) is 6.17. The van der Waals surface area contributed by atoms with E-state index >= 15 is 0 Å². The summed E-state index contributed by atoms with van der Waals surface area (Å²) in [4.78, 5) is 25.1. The van der Waals surface area contributed by atoms with Gasteiger partial charge in [-0.25, -0.2) is 0 Å². The van der Waals surface area contributed by atoms with Gasteiger partial charge in [0, 0.05) is 16.6 Å². The fraction of sp³-hybridized carbons (Fsp3) is 0.429. The predicted octanol–water partition coefficient (Wildman–Crippen LogP) is 2.28. The number of carbonyl (C=O) groups is 2. The van der Waals surface area contributed by atoms with E-state index in [1.54, 1.807) is 0 Å². The van der Waals surface area contributed by atoms with Gasteiger partial charge >= 0.3 is 5.97 Å². The first-order valence-electron chi connectivity index (χ1n) is 6.26. The summed E-state index contributed by atoms with van der Waals surface area (Å²) in [5.74, 6) is -0.795. The van der Waals surface area contributed by atoms with Crippen molar-refractivity contribution in [3.63, 3.8) is 0 Å². The molecule has 0 spiro atoms. The third-order valence-corrected chi connectivity index (χ3v) is 3.86. The minimum absolute atomic E-state index is 0.352. The van der Waals surface area contributed by atoms with Crippen molar-refractivity contribution in [2.45, 2.75) is 20.4 Å². The molecule has 1 aliphatic heterocycles. The summed E-state index contributed by atoms with van der Waals surface area (Å²) >= 11 is 3.37. The molecule has 0 atom stereocenters. The van der Waals surface area contributed by atoms with Crippen LogP contribution in [0.5, 0.6) is 5.75 Å². The molecular weight excluding hydrogens is 326 g/mol. The average molecular weight is 342 g/mol. The molecule has 1 aromatic rings. The van der Waals surface area contributed by atoms with Crippen LogP contribution in [0.3, 0.4) is 0 Å². The molecule has 0 saturated heterocycles. The number of aliphatic carboxylic acids is 1. The van der Waals surface area contributed by atoms with Crippen LogP contribution in [0.15, 0.2) is 22.7 Å². The number of carboxylic acids is 1. The predicted molar refractivity (Wildman–Crippen MR) is 76.5 cm³/mol. The lowest BCUT2D eigenvalue weighted by Gasteiger charge is -2.27. The highest BCUT2D eigenvalue weighted by molar-refractivity contribution is 9.10. The summed E-state index contributed by atoms with van der Waals surface area (Å²) in [7, 11) is 0. The van der Waals surface area contributed by atoms with Crippen LogP contribution >= 0.6 is 15.9 Å². The van der Waals surface area contributed by atoms with Crippen molar-refractivity contribution in [1.82, 2.24) is 4.90 Å². The van der Waals surface area contributed by atoms with E-state index in [9.17, 15) is 9.59 Å². The molecule has 1 N–H and O–H groups in total. The van der Waals surface area contributed by atoms with Gasteiger partial charge in [0.15, 0.2) is 0 Å². The molecule has 0 aliphatic carbocycles. The highest BCUT2D eigenvalue weighted by Crippen LogP contribution is 2.29. The maximum absolute atomic E-state index is 12.4. The molecule has 20 heavy (non-hydrogen) atoms. The minimum Gasteiger partial charge on any atom is -0.491 e. The molecule has 2 rings (SSSR count). The molecule has 1 aliphatic rings. The van der Waals surface area contributed by atoms with Crippen molar-refractivity contribution in [1.29, 1.82) is 0 Å². The topological polar surface area (TPSA) is 66.8 Å². The summed E-state index contributed by atoms with van der Waals surface area (Å²) in [6.07, 6.45) is 0. The van der Waals surface area contributed by atoms with Crippen LogP contribution in [0.1, 0.15) is 19.4 Å². The number of amides is 1. The van der Waals surface area contributed by atoms with Gasteiger partial charge in [0.25, 0.3) is 0 Å². The van der Waals surface area contributed by atoms with Crippen LogP contribution in [0.25, 0.3) is 0 Å². The van der Waals surface area contributed by atoms with Gasteiger partial charge in [-0.05, 0) is 26.0 Å². The first-order chi connectivity index (χ1) is 9.32. The zero-order valence-electron chi connectivity index (χ0n) is 11.4. The number of hydrogen-bond acceptors (Lipinski definition) is 3. The number of carboxylic acid groups (broad SMARTS) is 1. The van der Waals surface area contributed by atoms with Crippen LogP contribution < -0.4 is 4.74 Å². The summed E-state index contributed by atoms with van der Waals surface area (Å²) in [6.45, 7) is 3.93. The zero-order chi connectivity index (χ0) is 14.9. The summed E-state index contributed by atoms with van der Waals surface area (Å²) in [5.41, 5.74) is -0.555. The van der Waals surface area contributed by atoms with E-state index in [1.807, 2.05) is 18.2 Å². The summed E-state index contributed by atoms with van der Waals surface area (Å²) in [5, 5.41) is 9.16. The van der Waals surface area contributed by atoms with Crippen LogP contribution in [-0.2, 0) is 16.1 Å². The zero-order valence-corrected chi connectivity index (χ0v) is 12.9. The van der Waals surface area contributed by atoms with Crippen molar-refractivity contribution < 1.29 is 19.4 Å². The Bertz CT molecular complexity index is 556. The SMILES string of the molecule is CC(C)(C(=O)O)C(=O)N1CCOc2cc(Br)ccc2C1. The van der Waals surface area contributed by atoms with E-state index in [-0.39, 0.29) is 0 Å². The van der Waals surface area contributed by atoms with Crippen LogP contribution in [0.2, 0.25) is 0 Å². The van der Waals surface area contributed by atoms with Gasteiger partial charge in [0.2, 0.25) is 5.91 Å². The van der Waals surface area contributed by atoms with Crippen LogP contribution in [0, 0.1) is 5.41 Å². The van der Waals surface area contributed by atoms with Crippen molar-refractivity contribution in [2.24, 2.45) is 5.41 Å². The normalized spacial score (nSPS) is 15.1. The van der Waals surface area contributed by atoms with E-state index in [0.717, 1.165) is 15.8 Å². The van der Waals surface area contributed by atoms with Crippen molar-refractivity contribution in [3.05, 3.63) is 28.2 Å². The maximum Gasteiger partial charge on any atom is 0.318 e. The van der Waals surface area contributed by atoms with Gasteiger partial charge in [-0.2, -0.15) is 0 Å². The molecule has 0 saturated carbocycles. The van der Waals surface area contributed by atoms with E-state index in [4.69, 9.17) is 9.84 Å². The Morgan fingerprint density at radius 1 is 1.40 bits per heavy atom. The Labute approximate surface area is 125 Å². The lowest BCUT2D eigenvalue weighted by atomic mass is 9.91. The smallest absolute Gasteiger partial charge is 0.318 e. The number of carbonyl (C=O) groups excluding carboxylic acids is 1. The average Bonchev–Trinajstić information content (AvgIpc) is 2.59. The maximum atomic E-state index is 12.4. The Hall–Kier alpha value is -1.56. The summed E-state index contributed by atoms with van der Waals surface area (Å²) < 4.78 is 6.52. The van der Waals surface area contributed by atoms with Crippen LogP contribution in [0.4, 0.5) is 0 Å². The third kappa shape index (κ3) is 2.80. The number of ether oxygens (including phenoxy) is 1. The van der Waals surface area contributed by atoms with Crippen molar-refractivity contribution >= 4 is 27.8 Å². The van der Waals surface area contributed by atoms with Gasteiger partial charge < -0.3 is 14.7 Å². The minimum atomic E-state index is -1.43. The van der Waals surface area contributed by atoms with Gasteiger partial charge in [0.05, 0.1) is 6.54 Å². The largest absolute Gasteiger partial charge is 0.491 e. The van der Waals surface area contributed by atoms with Crippen molar-refractivity contribution in [2.75, 3.05) is 13.2 Å². The molecule has 0 unspecified atom stereocenters. The molecule has 0 fully saturated rings. The Morgan fingerprint density at radius 3 is 2.75 bits per heavy atom. The lowest BCUT2D eigenvalue weighted by molar-refractivity contribution is -0.158. The number of fused-ring (bicyclic) bond motifs is 1. The fourth-order valence-corrected chi connectivity index (χ4v) is 2.34. The molecule has 108 valence electrons. The fourth-order valence-electron chi connectivity index (χ4n) is 2.00. The molecular formula is C14H16BrNO4. The molecule has 1 amide bonds. The highest BCUT2D eigenvalue weighted by atomic mass is 79.9. The quantitative estimate of drug-likeness (QED) is 0.838. The Morgan fingerprint density at radius 2 is 2.10 bits per heavy atom. The van der Waals surface area contributed by atoms with Gasteiger partial charge in [0.1, 0.15) is 17.8 Å². The van der Waals surface area contributed by atoms with Gasteiger partial charge in [-0.1, -0.05) is 22.0 Å². The highest BCUT2D eigenvalue weighted by Gasteiger charge is 2.39. The molecule has 0 bridgehead atoms. The Balaban J connectivity index is 2.26. The first-order valence-corrected chi connectivity index (χ1v) is 7.05. The number of halogens is 1. The van der Waals surface area contributed by atoms with E-state index in [1.165, 1.54) is 18.7 Å². The number of benzene rings is 1. The van der Waals surface area contributed by atoms with E-state index < -0.39 is 17.3 Å². The first kappa shape index (κ1) is 14.8. The van der Waals surface area contributed by atoms with Crippen molar-refractivity contribution in [3.8, 4) is 5.75 Å². The number of nitrogens with zero attached hydrogens (tertiary/aromatic N) is 1. The molecule has 1 aromatic carbocycles. The molecule has 1 heterocycles. The van der Waals surface area contributed by atoms with Crippen LogP contribution in [-0.4, -0.2) is 35.0 Å². The monoisotopic (exact) mass is 341 g/mol. The Kier molecular flexibility index (Phi) is 4.04. The van der Waals surface area contributed by atoms with E-state index in [2.05, 4.69) is 15.9 Å². The molecule has 6 heteroatoms. The molecule has 0 aromatic heterocycles. The lowest BCUT2D eigenvalue weighted by Crippen LogP contribution is -2.45. The molecule has 0 radical (unpaired) electrons. The standard InChI is InChI=1S/C14H16BrNO4/c1-14(2,13(18)19)12(17)16-5-6-20-11-7-10(15)4-3-9(11)8-16/h3-4,7H,5-6,8H2,1-2H3,(H,18,19). The second-order valence-electron chi connectivity index (χ2n) is 5.26. The number of hydrogen-bond donors (Lipinski definition) is 1.